The maximum atomic E-state index is 11.1. The second kappa shape index (κ2) is 13.2. The number of hydrogen-bond donors (Lipinski definition) is 3. The van der Waals surface area contributed by atoms with E-state index in [1.807, 2.05) is 6.92 Å². The van der Waals surface area contributed by atoms with E-state index in [4.69, 9.17) is 0 Å². The molecule has 140 valence electrons. The lowest BCUT2D eigenvalue weighted by Crippen LogP contribution is -2.51. The van der Waals surface area contributed by atoms with Gasteiger partial charge in [-0.3, -0.25) is 0 Å². The van der Waals surface area contributed by atoms with Crippen LogP contribution < -0.4 is 0 Å². The van der Waals surface area contributed by atoms with Crippen LogP contribution in [0.15, 0.2) is 0 Å². The molecule has 0 aromatic carbocycles. The molecule has 0 aliphatic carbocycles. The summed E-state index contributed by atoms with van der Waals surface area (Å²) >= 11 is 0. The molecule has 0 aromatic heterocycles. The first-order chi connectivity index (χ1) is 10.9. The number of rotatable bonds is 15. The minimum absolute atomic E-state index is 0.285. The van der Waals surface area contributed by atoms with E-state index in [0.29, 0.717) is 12.8 Å². The molecule has 4 atom stereocenters. The number of hydrogen-bond acceptors (Lipinski definition) is 3. The molecule has 0 saturated heterocycles. The van der Waals surface area contributed by atoms with E-state index in [0.717, 1.165) is 51.4 Å². The van der Waals surface area contributed by atoms with Gasteiger partial charge in [0.05, 0.1) is 17.8 Å². The molecule has 3 nitrogen and oxygen atoms in total. The third-order valence-electron chi connectivity index (χ3n) is 5.31. The van der Waals surface area contributed by atoms with Gasteiger partial charge in [-0.05, 0) is 19.3 Å². The average Bonchev–Trinajstić information content (AvgIpc) is 2.55. The summed E-state index contributed by atoms with van der Waals surface area (Å²) in [6, 6.07) is 0. The third-order valence-corrected chi connectivity index (χ3v) is 5.31. The standard InChI is InChI=1S/C20H42O3/c1-5-8-11-13-14-18(21)17(4)20(23,16-10-7-3)19(22)15-12-9-6-2/h17-19,21-23H,5-16H2,1-4H3. The highest BCUT2D eigenvalue weighted by Gasteiger charge is 2.42. The van der Waals surface area contributed by atoms with Crippen molar-refractivity contribution in [3.8, 4) is 0 Å². The summed E-state index contributed by atoms with van der Waals surface area (Å²) in [5, 5.41) is 32.2. The molecule has 4 unspecified atom stereocenters. The Bertz CT molecular complexity index is 270. The van der Waals surface area contributed by atoms with Crippen LogP contribution in [-0.2, 0) is 0 Å². The van der Waals surface area contributed by atoms with Gasteiger partial charge in [0.25, 0.3) is 0 Å². The van der Waals surface area contributed by atoms with Crippen molar-refractivity contribution in [1.29, 1.82) is 0 Å². The normalized spacial score (nSPS) is 18.4. The van der Waals surface area contributed by atoms with E-state index in [-0.39, 0.29) is 5.92 Å². The molecule has 0 bridgehead atoms. The maximum absolute atomic E-state index is 11.1. The Hall–Kier alpha value is -0.120. The largest absolute Gasteiger partial charge is 0.393 e. The van der Waals surface area contributed by atoms with E-state index < -0.39 is 17.8 Å². The van der Waals surface area contributed by atoms with Gasteiger partial charge in [-0.25, -0.2) is 0 Å². The molecule has 3 heteroatoms. The lowest BCUT2D eigenvalue weighted by atomic mass is 9.74. The first kappa shape index (κ1) is 22.9. The summed E-state index contributed by atoms with van der Waals surface area (Å²) in [6.07, 6.45) is 10.1. The Morgan fingerprint density at radius 3 is 1.83 bits per heavy atom. The number of aliphatic hydroxyl groups is 3. The first-order valence-corrected chi connectivity index (χ1v) is 10.0. The monoisotopic (exact) mass is 330 g/mol. The van der Waals surface area contributed by atoms with Crippen LogP contribution in [0.1, 0.15) is 105 Å². The molecule has 0 aromatic rings. The molecular weight excluding hydrogens is 288 g/mol. The first-order valence-electron chi connectivity index (χ1n) is 10.0. The molecule has 0 aliphatic rings. The lowest BCUT2D eigenvalue weighted by Gasteiger charge is -2.41. The molecule has 0 aliphatic heterocycles. The molecule has 3 N–H and O–H groups in total. The smallest absolute Gasteiger partial charge is 0.0955 e. The minimum atomic E-state index is -1.16. The summed E-state index contributed by atoms with van der Waals surface area (Å²) in [5.74, 6) is -0.285. The molecule has 0 amide bonds. The summed E-state index contributed by atoms with van der Waals surface area (Å²) in [6.45, 7) is 8.31. The zero-order valence-electron chi connectivity index (χ0n) is 16.1. The fraction of sp³-hybridized carbons (Fsp3) is 1.00. The van der Waals surface area contributed by atoms with Gasteiger partial charge < -0.3 is 15.3 Å². The second-order valence-electron chi connectivity index (χ2n) is 7.31. The van der Waals surface area contributed by atoms with Crippen LogP contribution in [0.25, 0.3) is 0 Å². The zero-order valence-corrected chi connectivity index (χ0v) is 16.1. The van der Waals surface area contributed by atoms with Crippen molar-refractivity contribution in [3.05, 3.63) is 0 Å². The van der Waals surface area contributed by atoms with Gasteiger partial charge >= 0.3 is 0 Å². The Morgan fingerprint density at radius 2 is 1.26 bits per heavy atom. The average molecular weight is 331 g/mol. The highest BCUT2D eigenvalue weighted by Crippen LogP contribution is 2.34. The van der Waals surface area contributed by atoms with Crippen LogP contribution >= 0.6 is 0 Å². The van der Waals surface area contributed by atoms with Crippen LogP contribution in [0.5, 0.6) is 0 Å². The topological polar surface area (TPSA) is 60.7 Å². The molecule has 0 rings (SSSR count). The summed E-state index contributed by atoms with van der Waals surface area (Å²) in [5.41, 5.74) is -1.16. The minimum Gasteiger partial charge on any atom is -0.393 e. The van der Waals surface area contributed by atoms with E-state index in [1.165, 1.54) is 12.8 Å². The molecule has 0 fully saturated rings. The SMILES string of the molecule is CCCCCCC(O)C(C)C(O)(CCCC)C(O)CCCCC. The van der Waals surface area contributed by atoms with E-state index >= 15 is 0 Å². The van der Waals surface area contributed by atoms with Crippen LogP contribution in [0, 0.1) is 5.92 Å². The van der Waals surface area contributed by atoms with Crippen LogP contribution in [0.4, 0.5) is 0 Å². The molecule has 0 heterocycles. The molecular formula is C20H42O3. The van der Waals surface area contributed by atoms with Gasteiger partial charge in [0.1, 0.15) is 0 Å². The van der Waals surface area contributed by atoms with Gasteiger partial charge in [0, 0.05) is 5.92 Å². The Labute approximate surface area is 144 Å². The van der Waals surface area contributed by atoms with E-state index in [1.54, 1.807) is 0 Å². The van der Waals surface area contributed by atoms with Crippen LogP contribution in [0.2, 0.25) is 0 Å². The highest BCUT2D eigenvalue weighted by atomic mass is 16.3. The van der Waals surface area contributed by atoms with Crippen molar-refractivity contribution in [2.24, 2.45) is 5.92 Å². The van der Waals surface area contributed by atoms with E-state index in [2.05, 4.69) is 20.8 Å². The quantitative estimate of drug-likeness (QED) is 0.377. The van der Waals surface area contributed by atoms with Crippen molar-refractivity contribution in [2.45, 2.75) is 123 Å². The van der Waals surface area contributed by atoms with Gasteiger partial charge in [-0.1, -0.05) is 85.5 Å². The van der Waals surface area contributed by atoms with Gasteiger partial charge in [0.2, 0.25) is 0 Å². The van der Waals surface area contributed by atoms with Crippen molar-refractivity contribution in [1.82, 2.24) is 0 Å². The zero-order chi connectivity index (χ0) is 17.7. The lowest BCUT2D eigenvalue weighted by molar-refractivity contribution is -0.146. The molecule has 0 radical (unpaired) electrons. The molecule has 0 saturated carbocycles. The Balaban J connectivity index is 4.68. The van der Waals surface area contributed by atoms with Crippen LogP contribution in [0.3, 0.4) is 0 Å². The second-order valence-corrected chi connectivity index (χ2v) is 7.31. The fourth-order valence-electron chi connectivity index (χ4n) is 3.36. The predicted octanol–water partition coefficient (Wildman–Crippen LogP) is 4.82. The highest BCUT2D eigenvalue weighted by molar-refractivity contribution is 4.94. The Morgan fingerprint density at radius 1 is 0.739 bits per heavy atom. The van der Waals surface area contributed by atoms with Crippen molar-refractivity contribution in [3.63, 3.8) is 0 Å². The fourth-order valence-corrected chi connectivity index (χ4v) is 3.36. The Kier molecular flexibility index (Phi) is 13.1. The summed E-state index contributed by atoms with van der Waals surface area (Å²) < 4.78 is 0. The van der Waals surface area contributed by atoms with Crippen molar-refractivity contribution >= 4 is 0 Å². The predicted molar refractivity (Wildman–Crippen MR) is 98.6 cm³/mol. The van der Waals surface area contributed by atoms with E-state index in [9.17, 15) is 15.3 Å². The summed E-state index contributed by atoms with van der Waals surface area (Å²) in [4.78, 5) is 0. The number of unbranched alkanes of at least 4 members (excludes halogenated alkanes) is 6. The number of aliphatic hydroxyl groups excluding tert-OH is 2. The van der Waals surface area contributed by atoms with Gasteiger partial charge in [0.15, 0.2) is 0 Å². The molecule has 23 heavy (non-hydrogen) atoms. The maximum Gasteiger partial charge on any atom is 0.0955 e. The molecule has 0 spiro atoms. The third kappa shape index (κ3) is 8.51. The summed E-state index contributed by atoms with van der Waals surface area (Å²) in [7, 11) is 0. The van der Waals surface area contributed by atoms with Crippen molar-refractivity contribution < 1.29 is 15.3 Å². The van der Waals surface area contributed by atoms with Gasteiger partial charge in [-0.15, -0.1) is 0 Å². The van der Waals surface area contributed by atoms with Crippen LogP contribution in [-0.4, -0.2) is 33.1 Å². The van der Waals surface area contributed by atoms with Crippen molar-refractivity contribution in [2.75, 3.05) is 0 Å². The van der Waals surface area contributed by atoms with Gasteiger partial charge in [-0.2, -0.15) is 0 Å².